The van der Waals surface area contributed by atoms with Gasteiger partial charge in [-0.1, -0.05) is 23.7 Å². The molecule has 0 bridgehead atoms. The molecule has 6 heteroatoms. The van der Waals surface area contributed by atoms with Crippen LogP contribution in [-0.4, -0.2) is 28.1 Å². The standard InChI is InChI=1S/C13H15ClN4O/c1-8-11(15)12(17-16-8)13(19)18(2)7-9-4-3-5-10(14)6-9/h3-6H,7,15H2,1-2H3,(H,16,17). The van der Waals surface area contributed by atoms with E-state index in [2.05, 4.69) is 10.2 Å². The fourth-order valence-electron chi connectivity index (χ4n) is 1.76. The molecule has 0 radical (unpaired) electrons. The third-order valence-corrected chi connectivity index (χ3v) is 3.09. The number of amides is 1. The summed E-state index contributed by atoms with van der Waals surface area (Å²) in [6.07, 6.45) is 0. The van der Waals surface area contributed by atoms with Gasteiger partial charge in [0.05, 0.1) is 11.4 Å². The molecule has 2 rings (SSSR count). The minimum atomic E-state index is -0.221. The summed E-state index contributed by atoms with van der Waals surface area (Å²) in [5, 5.41) is 7.28. The van der Waals surface area contributed by atoms with Crippen LogP contribution < -0.4 is 5.73 Å². The number of carbonyl (C=O) groups excluding carboxylic acids is 1. The number of nitrogens with two attached hydrogens (primary N) is 1. The molecule has 1 aromatic heterocycles. The van der Waals surface area contributed by atoms with Crippen molar-refractivity contribution in [3.05, 3.63) is 46.2 Å². The molecule has 0 aliphatic rings. The summed E-state index contributed by atoms with van der Waals surface area (Å²) in [6.45, 7) is 2.22. The highest BCUT2D eigenvalue weighted by atomic mass is 35.5. The van der Waals surface area contributed by atoms with Gasteiger partial charge < -0.3 is 10.6 Å². The normalized spacial score (nSPS) is 10.5. The Labute approximate surface area is 116 Å². The van der Waals surface area contributed by atoms with Crippen molar-refractivity contribution in [3.63, 3.8) is 0 Å². The van der Waals surface area contributed by atoms with Crippen LogP contribution in [0.15, 0.2) is 24.3 Å². The molecule has 0 aliphatic heterocycles. The van der Waals surface area contributed by atoms with Crippen LogP contribution in [0.4, 0.5) is 5.69 Å². The second-order valence-electron chi connectivity index (χ2n) is 4.40. The van der Waals surface area contributed by atoms with E-state index in [-0.39, 0.29) is 11.6 Å². The van der Waals surface area contributed by atoms with Gasteiger partial charge in [-0.25, -0.2) is 0 Å². The number of benzene rings is 1. The highest BCUT2D eigenvalue weighted by Gasteiger charge is 2.19. The molecule has 2 aromatic rings. The quantitative estimate of drug-likeness (QED) is 0.904. The molecule has 0 saturated heterocycles. The summed E-state index contributed by atoms with van der Waals surface area (Å²) in [5.74, 6) is -0.221. The van der Waals surface area contributed by atoms with Gasteiger partial charge in [0.2, 0.25) is 0 Å². The van der Waals surface area contributed by atoms with Crippen molar-refractivity contribution in [1.29, 1.82) is 0 Å². The van der Waals surface area contributed by atoms with Crippen LogP contribution in [-0.2, 0) is 6.54 Å². The summed E-state index contributed by atoms with van der Waals surface area (Å²) in [5.41, 5.74) is 8.09. The van der Waals surface area contributed by atoms with Gasteiger partial charge in [-0.05, 0) is 24.6 Å². The molecule has 1 aromatic carbocycles. The Kier molecular flexibility index (Phi) is 3.76. The van der Waals surface area contributed by atoms with Crippen molar-refractivity contribution in [2.45, 2.75) is 13.5 Å². The van der Waals surface area contributed by atoms with Crippen molar-refractivity contribution < 1.29 is 4.79 Å². The van der Waals surface area contributed by atoms with Crippen LogP contribution in [0.3, 0.4) is 0 Å². The zero-order chi connectivity index (χ0) is 14.0. The molecule has 1 heterocycles. The maximum Gasteiger partial charge on any atom is 0.276 e. The van der Waals surface area contributed by atoms with Crippen molar-refractivity contribution in [2.24, 2.45) is 0 Å². The number of nitrogens with one attached hydrogen (secondary N) is 1. The largest absolute Gasteiger partial charge is 0.395 e. The van der Waals surface area contributed by atoms with Crippen LogP contribution >= 0.6 is 11.6 Å². The van der Waals surface area contributed by atoms with Crippen LogP contribution in [0, 0.1) is 6.92 Å². The van der Waals surface area contributed by atoms with Gasteiger partial charge in [0.25, 0.3) is 5.91 Å². The number of aryl methyl sites for hydroxylation is 1. The molecular weight excluding hydrogens is 264 g/mol. The van der Waals surface area contributed by atoms with Crippen LogP contribution in [0.5, 0.6) is 0 Å². The number of hydrogen-bond acceptors (Lipinski definition) is 3. The minimum absolute atomic E-state index is 0.221. The minimum Gasteiger partial charge on any atom is -0.395 e. The van der Waals surface area contributed by atoms with Gasteiger partial charge in [-0.3, -0.25) is 9.89 Å². The number of H-pyrrole nitrogens is 1. The number of anilines is 1. The first-order valence-electron chi connectivity index (χ1n) is 5.79. The molecule has 100 valence electrons. The fraction of sp³-hybridized carbons (Fsp3) is 0.231. The van der Waals surface area contributed by atoms with E-state index >= 15 is 0 Å². The number of nitrogen functional groups attached to an aromatic ring is 1. The highest BCUT2D eigenvalue weighted by molar-refractivity contribution is 6.30. The molecular formula is C13H15ClN4O. The van der Waals surface area contributed by atoms with E-state index in [0.717, 1.165) is 5.56 Å². The summed E-state index contributed by atoms with van der Waals surface area (Å²) in [7, 11) is 1.70. The SMILES string of the molecule is Cc1[nH]nc(C(=O)N(C)Cc2cccc(Cl)c2)c1N. The van der Waals surface area contributed by atoms with E-state index in [0.29, 0.717) is 22.9 Å². The van der Waals surface area contributed by atoms with Crippen LogP contribution in [0.25, 0.3) is 0 Å². The second-order valence-corrected chi connectivity index (χ2v) is 4.84. The van der Waals surface area contributed by atoms with E-state index < -0.39 is 0 Å². The monoisotopic (exact) mass is 278 g/mol. The lowest BCUT2D eigenvalue weighted by molar-refractivity contribution is 0.0780. The zero-order valence-electron chi connectivity index (χ0n) is 10.8. The highest BCUT2D eigenvalue weighted by Crippen LogP contribution is 2.17. The van der Waals surface area contributed by atoms with Crippen LogP contribution in [0.2, 0.25) is 5.02 Å². The molecule has 0 fully saturated rings. The smallest absolute Gasteiger partial charge is 0.276 e. The molecule has 0 unspecified atom stereocenters. The number of rotatable bonds is 3. The number of carbonyl (C=O) groups is 1. The average molecular weight is 279 g/mol. The Morgan fingerprint density at radius 3 is 2.84 bits per heavy atom. The summed E-state index contributed by atoms with van der Waals surface area (Å²) in [6, 6.07) is 7.38. The Hall–Kier alpha value is -2.01. The van der Waals surface area contributed by atoms with E-state index in [4.69, 9.17) is 17.3 Å². The maximum atomic E-state index is 12.2. The Balaban J connectivity index is 2.14. The molecule has 3 N–H and O–H groups in total. The van der Waals surface area contributed by atoms with E-state index in [9.17, 15) is 4.79 Å². The van der Waals surface area contributed by atoms with Crippen molar-refractivity contribution in [3.8, 4) is 0 Å². The third-order valence-electron chi connectivity index (χ3n) is 2.85. The number of nitrogens with zero attached hydrogens (tertiary/aromatic N) is 2. The lowest BCUT2D eigenvalue weighted by atomic mass is 10.2. The number of aromatic amines is 1. The van der Waals surface area contributed by atoms with E-state index in [1.807, 2.05) is 18.2 Å². The number of halogens is 1. The first kappa shape index (κ1) is 13.4. The lowest BCUT2D eigenvalue weighted by Crippen LogP contribution is -2.27. The zero-order valence-corrected chi connectivity index (χ0v) is 11.5. The number of hydrogen-bond donors (Lipinski definition) is 2. The average Bonchev–Trinajstić information content (AvgIpc) is 2.69. The topological polar surface area (TPSA) is 75.0 Å². The summed E-state index contributed by atoms with van der Waals surface area (Å²) >= 11 is 5.91. The van der Waals surface area contributed by atoms with Crippen molar-refractivity contribution >= 4 is 23.2 Å². The first-order valence-corrected chi connectivity index (χ1v) is 6.17. The van der Waals surface area contributed by atoms with E-state index in [1.165, 1.54) is 0 Å². The van der Waals surface area contributed by atoms with Gasteiger partial charge >= 0.3 is 0 Å². The van der Waals surface area contributed by atoms with Gasteiger partial charge in [-0.2, -0.15) is 5.10 Å². The van der Waals surface area contributed by atoms with Gasteiger partial charge in [-0.15, -0.1) is 0 Å². The first-order chi connectivity index (χ1) is 8.99. The molecule has 19 heavy (non-hydrogen) atoms. The third kappa shape index (κ3) is 2.88. The molecule has 1 amide bonds. The summed E-state index contributed by atoms with van der Waals surface area (Å²) in [4.78, 5) is 13.8. The van der Waals surface area contributed by atoms with E-state index in [1.54, 1.807) is 24.9 Å². The molecule has 0 spiro atoms. The van der Waals surface area contributed by atoms with Gasteiger partial charge in [0.15, 0.2) is 5.69 Å². The molecule has 5 nitrogen and oxygen atoms in total. The van der Waals surface area contributed by atoms with Crippen LogP contribution in [0.1, 0.15) is 21.7 Å². The Morgan fingerprint density at radius 2 is 2.26 bits per heavy atom. The predicted octanol–water partition coefficient (Wildman–Crippen LogP) is 2.23. The molecule has 0 aliphatic carbocycles. The lowest BCUT2D eigenvalue weighted by Gasteiger charge is -2.16. The molecule has 0 atom stereocenters. The van der Waals surface area contributed by atoms with Crippen molar-refractivity contribution in [1.82, 2.24) is 15.1 Å². The molecule has 0 saturated carbocycles. The maximum absolute atomic E-state index is 12.2. The Morgan fingerprint density at radius 1 is 1.53 bits per heavy atom. The fourth-order valence-corrected chi connectivity index (χ4v) is 1.98. The summed E-state index contributed by atoms with van der Waals surface area (Å²) < 4.78 is 0. The predicted molar refractivity (Wildman–Crippen MR) is 75.0 cm³/mol. The van der Waals surface area contributed by atoms with Gasteiger partial charge in [0, 0.05) is 18.6 Å². The second kappa shape index (κ2) is 5.32. The van der Waals surface area contributed by atoms with Crippen molar-refractivity contribution in [2.75, 3.05) is 12.8 Å². The number of aromatic nitrogens is 2. The van der Waals surface area contributed by atoms with Gasteiger partial charge in [0.1, 0.15) is 0 Å². The Bertz CT molecular complexity index is 608.